The Morgan fingerprint density at radius 1 is 0.607 bits per heavy atom. The average Bonchev–Trinajstić information content (AvgIpc) is 3.21. The molecule has 4 heterocycles. The Labute approximate surface area is 385 Å². The van der Waals surface area contributed by atoms with Crippen LogP contribution in [0.2, 0.25) is 30.1 Å². The Bertz CT molecular complexity index is 2720. The zero-order chi connectivity index (χ0) is 42.6. The van der Waals surface area contributed by atoms with Crippen molar-refractivity contribution in [1.29, 1.82) is 0 Å². The van der Waals surface area contributed by atoms with Gasteiger partial charge in [0.1, 0.15) is 34.2 Å². The van der Waals surface area contributed by atoms with Gasteiger partial charge in [-0.2, -0.15) is 0 Å². The highest BCUT2D eigenvalue weighted by Crippen LogP contribution is 2.41. The van der Waals surface area contributed by atoms with E-state index < -0.39 is 6.04 Å². The first-order chi connectivity index (χ1) is 28.2. The molecule has 5 N–H and O–H groups in total. The van der Waals surface area contributed by atoms with Gasteiger partial charge in [0, 0.05) is 62.3 Å². The van der Waals surface area contributed by atoms with Gasteiger partial charge in [-0.05, 0) is 91.7 Å². The number of aldehydes is 1. The van der Waals surface area contributed by atoms with E-state index in [0.717, 1.165) is 21.9 Å². The van der Waals surface area contributed by atoms with Gasteiger partial charge in [0.05, 0.1) is 26.1 Å². The molecular formula is C46H42Cl6N6O3. The first-order valence-corrected chi connectivity index (χ1v) is 19.7. The summed E-state index contributed by atoms with van der Waals surface area (Å²) in [5.74, 6) is 1.51. The third kappa shape index (κ3) is 13.6. The Morgan fingerprint density at radius 3 is 1.77 bits per heavy atom. The molecule has 1 unspecified atom stereocenters. The van der Waals surface area contributed by atoms with Gasteiger partial charge >= 0.3 is 0 Å². The number of aromatic nitrogens is 4. The summed E-state index contributed by atoms with van der Waals surface area (Å²) in [5, 5.41) is 27.5. The summed E-state index contributed by atoms with van der Waals surface area (Å²) < 4.78 is 0. The van der Waals surface area contributed by atoms with E-state index >= 15 is 0 Å². The molecule has 61 heavy (non-hydrogen) atoms. The number of nitrogens with two attached hydrogens (primary N) is 1. The van der Waals surface area contributed by atoms with E-state index in [1.165, 1.54) is 12.1 Å². The van der Waals surface area contributed by atoms with E-state index in [-0.39, 0.29) is 31.4 Å². The van der Waals surface area contributed by atoms with Crippen molar-refractivity contribution in [2.45, 2.75) is 34.7 Å². The third-order valence-electron chi connectivity index (χ3n) is 8.33. The molecule has 316 valence electrons. The molecule has 0 saturated carbocycles. The van der Waals surface area contributed by atoms with Crippen LogP contribution in [0.3, 0.4) is 0 Å². The Morgan fingerprint density at radius 2 is 1.18 bits per heavy atom. The maximum absolute atomic E-state index is 11.0. The van der Waals surface area contributed by atoms with Crippen molar-refractivity contribution in [2.24, 2.45) is 0 Å². The van der Waals surface area contributed by atoms with E-state index in [9.17, 15) is 15.0 Å². The fraction of sp³-hybridized carbons (Fsp3) is 0.109. The Balaban J connectivity index is 0.000000254. The molecule has 4 aromatic heterocycles. The molecule has 1 atom stereocenters. The quantitative estimate of drug-likeness (QED) is 0.0978. The second-order valence-corrected chi connectivity index (χ2v) is 15.1. The number of nitrogen functional groups attached to an aromatic ring is 1. The molecule has 8 rings (SSSR count). The van der Waals surface area contributed by atoms with E-state index in [4.69, 9.17) is 75.3 Å². The molecule has 0 saturated heterocycles. The van der Waals surface area contributed by atoms with Gasteiger partial charge in [0.25, 0.3) is 0 Å². The molecule has 8 aromatic rings. The van der Waals surface area contributed by atoms with Crippen molar-refractivity contribution < 1.29 is 15.0 Å². The minimum atomic E-state index is -0.556. The standard InChI is InChI=1S/C22H16Cl3N3O.C9H7NO.C7H3Cl3O.C6H8N2.2CH4/c1-12-6-8-26-18(9-12)28-21(16-10-14(23)11-17(24)19(16)25)15-5-4-13-3-2-7-27-20(13)22(15)29;11-8-5-1-3-7-4-2-6-10-9(7)8;8-5-1-4(3-11)7(10)6(9)2-5;1-5-2-3-8-6(7)4-5;;/h2-11,21,29H,1H3,(H,26,28);1-6,11H;1-3H;2-4H,1H3,(H2,7,8);2*1H4. The van der Waals surface area contributed by atoms with Crippen LogP contribution >= 0.6 is 69.6 Å². The fourth-order valence-electron chi connectivity index (χ4n) is 5.56. The number of halogens is 6. The van der Waals surface area contributed by atoms with Crippen LogP contribution in [0.5, 0.6) is 11.5 Å². The second-order valence-electron chi connectivity index (χ2n) is 12.7. The number of benzene rings is 4. The molecule has 0 bridgehead atoms. The molecule has 15 heteroatoms. The lowest BCUT2D eigenvalue weighted by molar-refractivity contribution is 0.112. The highest BCUT2D eigenvalue weighted by Gasteiger charge is 2.24. The number of phenols is 2. The first kappa shape index (κ1) is 50.0. The molecule has 0 aliphatic rings. The first-order valence-electron chi connectivity index (χ1n) is 17.5. The minimum Gasteiger partial charge on any atom is -0.506 e. The van der Waals surface area contributed by atoms with Crippen LogP contribution in [0, 0.1) is 13.8 Å². The Kier molecular flexibility index (Phi) is 19.3. The van der Waals surface area contributed by atoms with E-state index in [1.54, 1.807) is 49.1 Å². The van der Waals surface area contributed by atoms with Crippen molar-refractivity contribution in [3.05, 3.63) is 186 Å². The summed E-state index contributed by atoms with van der Waals surface area (Å²) in [4.78, 5) is 26.9. The molecule has 0 aliphatic carbocycles. The zero-order valence-electron chi connectivity index (χ0n) is 31.2. The Hall–Kier alpha value is -5.39. The number of phenolic OH excluding ortho intramolecular Hbond substituents is 2. The number of carbonyl (C=O) groups excluding carboxylic acids is 1. The number of para-hydroxylation sites is 1. The van der Waals surface area contributed by atoms with Gasteiger partial charge in [0.15, 0.2) is 6.29 Å². The fourth-order valence-corrected chi connectivity index (χ4v) is 6.95. The van der Waals surface area contributed by atoms with Crippen LogP contribution in [0.15, 0.2) is 128 Å². The van der Waals surface area contributed by atoms with E-state index in [2.05, 4.69) is 25.3 Å². The smallest absolute Gasteiger partial charge is 0.151 e. The van der Waals surface area contributed by atoms with Gasteiger partial charge < -0.3 is 21.3 Å². The molecule has 0 amide bonds. The van der Waals surface area contributed by atoms with Crippen molar-refractivity contribution >= 4 is 109 Å². The summed E-state index contributed by atoms with van der Waals surface area (Å²) in [6.45, 7) is 3.96. The van der Waals surface area contributed by atoms with Crippen molar-refractivity contribution in [2.75, 3.05) is 11.1 Å². The molecule has 0 fully saturated rings. The predicted octanol–water partition coefficient (Wildman–Crippen LogP) is 14.4. The maximum atomic E-state index is 11.0. The van der Waals surface area contributed by atoms with Crippen LogP contribution in [-0.4, -0.2) is 36.4 Å². The normalized spacial score (nSPS) is 10.6. The molecule has 0 radical (unpaired) electrons. The molecule has 0 spiro atoms. The van der Waals surface area contributed by atoms with Crippen LogP contribution in [0.4, 0.5) is 11.6 Å². The number of nitrogens with one attached hydrogen (secondary N) is 1. The summed E-state index contributed by atoms with van der Waals surface area (Å²) >= 11 is 35.9. The highest BCUT2D eigenvalue weighted by molar-refractivity contribution is 6.45. The lowest BCUT2D eigenvalue weighted by Gasteiger charge is -2.23. The molecule has 9 nitrogen and oxygen atoms in total. The van der Waals surface area contributed by atoms with E-state index in [1.807, 2.05) is 80.6 Å². The summed E-state index contributed by atoms with van der Waals surface area (Å²) in [5.41, 5.74) is 10.2. The average molecular weight is 940 g/mol. The number of fused-ring (bicyclic) bond motifs is 2. The van der Waals surface area contributed by atoms with Crippen LogP contribution in [0.25, 0.3) is 21.8 Å². The van der Waals surface area contributed by atoms with Crippen LogP contribution in [0.1, 0.15) is 53.5 Å². The van der Waals surface area contributed by atoms with Gasteiger partial charge in [-0.25, -0.2) is 9.97 Å². The number of aryl methyl sites for hydroxylation is 2. The maximum Gasteiger partial charge on any atom is 0.151 e. The number of rotatable bonds is 5. The van der Waals surface area contributed by atoms with Gasteiger partial charge in [-0.1, -0.05) is 121 Å². The second kappa shape index (κ2) is 23.6. The number of hydrogen-bond donors (Lipinski definition) is 4. The highest BCUT2D eigenvalue weighted by atomic mass is 35.5. The minimum absolute atomic E-state index is 0. The predicted molar refractivity (Wildman–Crippen MR) is 256 cm³/mol. The van der Waals surface area contributed by atoms with Crippen molar-refractivity contribution in [3.63, 3.8) is 0 Å². The monoisotopic (exact) mass is 936 g/mol. The third-order valence-corrected chi connectivity index (χ3v) is 10.4. The number of anilines is 2. The lowest BCUT2D eigenvalue weighted by Crippen LogP contribution is -2.14. The summed E-state index contributed by atoms with van der Waals surface area (Å²) in [6.07, 6.45) is 7.33. The van der Waals surface area contributed by atoms with Crippen molar-refractivity contribution in [1.82, 2.24) is 19.9 Å². The van der Waals surface area contributed by atoms with Crippen LogP contribution in [-0.2, 0) is 0 Å². The number of pyridine rings is 4. The van der Waals surface area contributed by atoms with Crippen molar-refractivity contribution in [3.8, 4) is 11.5 Å². The van der Waals surface area contributed by atoms with Gasteiger partial charge in [-0.3, -0.25) is 14.8 Å². The largest absolute Gasteiger partial charge is 0.506 e. The SMILES string of the molecule is C.C.Cc1ccnc(N)c1.Cc1ccnc(NC(c2cc(Cl)cc(Cl)c2Cl)c2ccc3cccnc3c2O)c1.O=Cc1cc(Cl)cc(Cl)c1Cl.Oc1cccc2cccnc12. The summed E-state index contributed by atoms with van der Waals surface area (Å²) in [7, 11) is 0. The van der Waals surface area contributed by atoms with Gasteiger partial charge in [0.2, 0.25) is 0 Å². The van der Waals surface area contributed by atoms with Gasteiger partial charge in [-0.15, -0.1) is 0 Å². The molecule has 4 aromatic carbocycles. The van der Waals surface area contributed by atoms with Crippen LogP contribution < -0.4 is 11.1 Å². The topological polar surface area (TPSA) is 147 Å². The number of aromatic hydroxyl groups is 2. The molecular weight excluding hydrogens is 897 g/mol. The zero-order valence-corrected chi connectivity index (χ0v) is 35.8. The number of nitrogens with zero attached hydrogens (tertiary/aromatic N) is 4. The molecule has 0 aliphatic heterocycles. The summed E-state index contributed by atoms with van der Waals surface area (Å²) in [6, 6.07) is 29.8. The lowest BCUT2D eigenvalue weighted by atomic mass is 9.96. The number of hydrogen-bond acceptors (Lipinski definition) is 9. The number of carbonyl (C=O) groups is 1. The van der Waals surface area contributed by atoms with E-state index in [0.29, 0.717) is 70.8 Å².